The lowest BCUT2D eigenvalue weighted by Crippen LogP contribution is -2.48. The van der Waals surface area contributed by atoms with Crippen LogP contribution in [-0.2, 0) is 9.59 Å². The zero-order valence-corrected chi connectivity index (χ0v) is 14.8. The summed E-state index contributed by atoms with van der Waals surface area (Å²) < 4.78 is 0. The van der Waals surface area contributed by atoms with E-state index >= 15 is 0 Å². The molecule has 2 aliphatic rings. The van der Waals surface area contributed by atoms with E-state index in [-0.39, 0.29) is 11.8 Å². The summed E-state index contributed by atoms with van der Waals surface area (Å²) in [6.45, 7) is 0. The maximum atomic E-state index is 12.6. The number of carbonyl (C=O) groups excluding carboxylic acids is 2. The van der Waals surface area contributed by atoms with Crippen molar-refractivity contribution in [3.8, 4) is 11.1 Å². The molecule has 2 aromatic carbocycles. The molecule has 4 nitrogen and oxygen atoms in total. The number of carbonyl (C=O) groups is 2. The van der Waals surface area contributed by atoms with Crippen LogP contribution in [0.5, 0.6) is 0 Å². The topological polar surface area (TPSA) is 72.2 Å². The zero-order chi connectivity index (χ0) is 18.1. The highest BCUT2D eigenvalue weighted by Crippen LogP contribution is 2.46. The van der Waals surface area contributed by atoms with Gasteiger partial charge in [-0.05, 0) is 41.0 Å². The summed E-state index contributed by atoms with van der Waals surface area (Å²) in [7, 11) is 0. The molecule has 4 rings (SSSR count). The molecule has 0 bridgehead atoms. The fourth-order valence-electron chi connectivity index (χ4n) is 4.58. The van der Waals surface area contributed by atoms with Gasteiger partial charge < -0.3 is 11.1 Å². The summed E-state index contributed by atoms with van der Waals surface area (Å²) in [6.07, 6.45) is 5.08. The second-order valence-electron chi connectivity index (χ2n) is 7.45. The molecule has 0 unspecified atom stereocenters. The maximum absolute atomic E-state index is 12.6. The SMILES string of the molecule is NC(=O)[C@H](NC(=O)CC1CCCC1)C1c2ccccc2-c2ccccc21. The second-order valence-corrected chi connectivity index (χ2v) is 7.45. The van der Waals surface area contributed by atoms with Crippen LogP contribution in [0.2, 0.25) is 0 Å². The molecule has 0 heterocycles. The fraction of sp³-hybridized carbons (Fsp3) is 0.364. The first-order valence-corrected chi connectivity index (χ1v) is 9.42. The van der Waals surface area contributed by atoms with E-state index in [9.17, 15) is 9.59 Å². The third-order valence-electron chi connectivity index (χ3n) is 5.79. The average molecular weight is 348 g/mol. The normalized spacial score (nSPS) is 17.5. The Bertz CT molecular complexity index is 794. The van der Waals surface area contributed by atoms with Crippen LogP contribution in [-0.4, -0.2) is 17.9 Å². The number of rotatable bonds is 5. The number of hydrogen-bond donors (Lipinski definition) is 2. The molecular formula is C22H24N2O2. The number of hydrogen-bond acceptors (Lipinski definition) is 2. The minimum Gasteiger partial charge on any atom is -0.368 e. The Morgan fingerprint density at radius 3 is 2.04 bits per heavy atom. The van der Waals surface area contributed by atoms with Crippen LogP contribution in [0.3, 0.4) is 0 Å². The van der Waals surface area contributed by atoms with E-state index < -0.39 is 11.9 Å². The van der Waals surface area contributed by atoms with Crippen molar-refractivity contribution in [2.24, 2.45) is 11.7 Å². The van der Waals surface area contributed by atoms with E-state index in [0.717, 1.165) is 35.1 Å². The van der Waals surface area contributed by atoms with Gasteiger partial charge in [-0.15, -0.1) is 0 Å². The van der Waals surface area contributed by atoms with Gasteiger partial charge in [-0.25, -0.2) is 0 Å². The molecule has 0 spiro atoms. The van der Waals surface area contributed by atoms with Crippen LogP contribution in [0.1, 0.15) is 49.1 Å². The van der Waals surface area contributed by atoms with Crippen molar-refractivity contribution >= 4 is 11.8 Å². The van der Waals surface area contributed by atoms with Gasteiger partial charge in [0.05, 0.1) is 0 Å². The highest BCUT2D eigenvalue weighted by molar-refractivity contribution is 5.91. The molecule has 1 atom stereocenters. The molecule has 134 valence electrons. The quantitative estimate of drug-likeness (QED) is 0.870. The van der Waals surface area contributed by atoms with Crippen molar-refractivity contribution in [3.63, 3.8) is 0 Å². The Balaban J connectivity index is 1.64. The molecule has 3 N–H and O–H groups in total. The van der Waals surface area contributed by atoms with E-state index in [1.165, 1.54) is 12.8 Å². The van der Waals surface area contributed by atoms with E-state index in [0.29, 0.717) is 12.3 Å². The van der Waals surface area contributed by atoms with Gasteiger partial charge >= 0.3 is 0 Å². The van der Waals surface area contributed by atoms with Crippen molar-refractivity contribution in [2.75, 3.05) is 0 Å². The maximum Gasteiger partial charge on any atom is 0.240 e. The highest BCUT2D eigenvalue weighted by Gasteiger charge is 2.38. The lowest BCUT2D eigenvalue weighted by Gasteiger charge is -2.24. The van der Waals surface area contributed by atoms with Gasteiger partial charge in [-0.1, -0.05) is 61.4 Å². The summed E-state index contributed by atoms with van der Waals surface area (Å²) in [5.74, 6) is -0.344. The van der Waals surface area contributed by atoms with Crippen molar-refractivity contribution in [3.05, 3.63) is 59.7 Å². The Kier molecular flexibility index (Phi) is 4.49. The summed E-state index contributed by atoms with van der Waals surface area (Å²) in [5.41, 5.74) is 10.1. The van der Waals surface area contributed by atoms with Crippen molar-refractivity contribution in [1.82, 2.24) is 5.32 Å². The van der Waals surface area contributed by atoms with Gasteiger partial charge in [0.2, 0.25) is 11.8 Å². The Hall–Kier alpha value is -2.62. The fourth-order valence-corrected chi connectivity index (χ4v) is 4.58. The smallest absolute Gasteiger partial charge is 0.240 e. The molecule has 1 saturated carbocycles. The predicted molar refractivity (Wildman–Crippen MR) is 101 cm³/mol. The van der Waals surface area contributed by atoms with Crippen LogP contribution >= 0.6 is 0 Å². The van der Waals surface area contributed by atoms with Gasteiger partial charge in [0.1, 0.15) is 6.04 Å². The van der Waals surface area contributed by atoms with Crippen LogP contribution in [0.25, 0.3) is 11.1 Å². The van der Waals surface area contributed by atoms with E-state index in [2.05, 4.69) is 17.4 Å². The molecular weight excluding hydrogens is 324 g/mol. The molecule has 0 saturated heterocycles. The summed E-state index contributed by atoms with van der Waals surface area (Å²) in [5, 5.41) is 2.95. The summed E-state index contributed by atoms with van der Waals surface area (Å²) in [4.78, 5) is 24.9. The standard InChI is InChI=1S/C22H24N2O2/c23-22(26)21(24-19(25)13-14-7-1-2-8-14)20-17-11-5-3-9-15(17)16-10-4-6-12-18(16)20/h3-6,9-12,14,20-21H,1-2,7-8,13H2,(H2,23,26)(H,24,25)/t21-/m1/s1. The number of nitrogens with two attached hydrogens (primary N) is 1. The Morgan fingerprint density at radius 1 is 0.962 bits per heavy atom. The minimum absolute atomic E-state index is 0.0671. The van der Waals surface area contributed by atoms with Crippen molar-refractivity contribution < 1.29 is 9.59 Å². The van der Waals surface area contributed by atoms with Gasteiger partial charge in [-0.3, -0.25) is 9.59 Å². The predicted octanol–water partition coefficient (Wildman–Crippen LogP) is 3.35. The molecule has 2 aliphatic carbocycles. The third kappa shape index (κ3) is 3.00. The minimum atomic E-state index is -0.728. The lowest BCUT2D eigenvalue weighted by molar-refractivity contribution is -0.128. The van der Waals surface area contributed by atoms with E-state index in [1.807, 2.05) is 36.4 Å². The van der Waals surface area contributed by atoms with Crippen LogP contribution in [0.15, 0.2) is 48.5 Å². The van der Waals surface area contributed by atoms with Crippen molar-refractivity contribution in [1.29, 1.82) is 0 Å². The summed E-state index contributed by atoms with van der Waals surface area (Å²) in [6, 6.07) is 15.4. The van der Waals surface area contributed by atoms with Crippen LogP contribution < -0.4 is 11.1 Å². The first-order valence-electron chi connectivity index (χ1n) is 9.42. The average Bonchev–Trinajstić information content (AvgIpc) is 3.25. The molecule has 26 heavy (non-hydrogen) atoms. The molecule has 0 aliphatic heterocycles. The first-order chi connectivity index (χ1) is 12.6. The zero-order valence-electron chi connectivity index (χ0n) is 14.8. The number of fused-ring (bicyclic) bond motifs is 3. The van der Waals surface area contributed by atoms with Crippen LogP contribution in [0, 0.1) is 5.92 Å². The first kappa shape index (κ1) is 16.8. The molecule has 2 amide bonds. The molecule has 1 fully saturated rings. The highest BCUT2D eigenvalue weighted by atomic mass is 16.2. The molecule has 0 radical (unpaired) electrons. The van der Waals surface area contributed by atoms with E-state index in [4.69, 9.17) is 5.73 Å². The van der Waals surface area contributed by atoms with Gasteiger partial charge in [0.25, 0.3) is 0 Å². The molecule has 0 aromatic heterocycles. The molecule has 2 aromatic rings. The van der Waals surface area contributed by atoms with Crippen LogP contribution in [0.4, 0.5) is 0 Å². The second kappa shape index (κ2) is 6.94. The Morgan fingerprint density at radius 2 is 1.50 bits per heavy atom. The van der Waals surface area contributed by atoms with Crippen molar-refractivity contribution in [2.45, 2.75) is 44.1 Å². The number of nitrogens with one attached hydrogen (secondary N) is 1. The van der Waals surface area contributed by atoms with Gasteiger partial charge in [0.15, 0.2) is 0 Å². The Labute approximate surface area is 153 Å². The van der Waals surface area contributed by atoms with E-state index in [1.54, 1.807) is 0 Å². The summed E-state index contributed by atoms with van der Waals surface area (Å²) >= 11 is 0. The third-order valence-corrected chi connectivity index (χ3v) is 5.79. The number of primary amides is 1. The van der Waals surface area contributed by atoms with Gasteiger partial charge in [0, 0.05) is 12.3 Å². The number of benzene rings is 2. The monoisotopic (exact) mass is 348 g/mol. The van der Waals surface area contributed by atoms with Gasteiger partial charge in [-0.2, -0.15) is 0 Å². The lowest BCUT2D eigenvalue weighted by atomic mass is 9.88. The number of amides is 2. The molecule has 4 heteroatoms. The largest absolute Gasteiger partial charge is 0.368 e.